The highest BCUT2D eigenvalue weighted by atomic mass is 32.1. The van der Waals surface area contributed by atoms with Crippen LogP contribution in [0.25, 0.3) is 0 Å². The highest BCUT2D eigenvalue weighted by Gasteiger charge is 2.09. The summed E-state index contributed by atoms with van der Waals surface area (Å²) in [7, 11) is 0. The van der Waals surface area contributed by atoms with Crippen LogP contribution in [0.3, 0.4) is 0 Å². The summed E-state index contributed by atoms with van der Waals surface area (Å²) in [6.45, 7) is 0.855. The molecule has 0 radical (unpaired) electrons. The average molecular weight is 271 g/mol. The van der Waals surface area contributed by atoms with Crippen LogP contribution in [0.15, 0.2) is 29.6 Å². The van der Waals surface area contributed by atoms with E-state index in [1.54, 1.807) is 11.3 Å². The second kappa shape index (κ2) is 6.02. The van der Waals surface area contributed by atoms with Crippen LogP contribution >= 0.6 is 11.3 Å². The molecule has 1 nitrogen and oxygen atoms in total. The van der Waals surface area contributed by atoms with Gasteiger partial charge in [-0.1, -0.05) is 6.07 Å². The summed E-state index contributed by atoms with van der Waals surface area (Å²) in [5, 5.41) is 5.00. The van der Waals surface area contributed by atoms with E-state index < -0.39 is 17.5 Å². The largest absolute Gasteiger partial charge is 0.312 e. The first-order chi connectivity index (χ1) is 8.66. The first kappa shape index (κ1) is 13.1. The Morgan fingerprint density at radius 2 is 1.83 bits per heavy atom. The van der Waals surface area contributed by atoms with Crippen molar-refractivity contribution < 1.29 is 13.2 Å². The number of hydrogen-bond acceptors (Lipinski definition) is 2. The van der Waals surface area contributed by atoms with Crippen LogP contribution < -0.4 is 5.32 Å². The summed E-state index contributed by atoms with van der Waals surface area (Å²) < 4.78 is 38.9. The summed E-state index contributed by atoms with van der Waals surface area (Å²) in [6.07, 6.45) is 0.836. The highest BCUT2D eigenvalue weighted by Crippen LogP contribution is 2.13. The number of nitrogens with one attached hydrogen (secondary N) is 1. The fraction of sp³-hybridized carbons (Fsp3) is 0.231. The topological polar surface area (TPSA) is 12.0 Å². The Hall–Kier alpha value is -1.33. The van der Waals surface area contributed by atoms with Crippen molar-refractivity contribution in [1.82, 2.24) is 5.32 Å². The third kappa shape index (κ3) is 3.34. The quantitative estimate of drug-likeness (QED) is 0.648. The molecule has 0 aliphatic heterocycles. The van der Waals surface area contributed by atoms with Crippen molar-refractivity contribution in [3.05, 3.63) is 57.5 Å². The monoisotopic (exact) mass is 271 g/mol. The molecule has 0 aliphatic rings. The van der Waals surface area contributed by atoms with Crippen molar-refractivity contribution >= 4 is 11.3 Å². The zero-order valence-electron chi connectivity index (χ0n) is 9.55. The lowest BCUT2D eigenvalue weighted by Crippen LogP contribution is -2.17. The van der Waals surface area contributed by atoms with E-state index in [1.165, 1.54) is 4.88 Å². The second-order valence-corrected chi connectivity index (χ2v) is 4.90. The van der Waals surface area contributed by atoms with Gasteiger partial charge in [-0.3, -0.25) is 0 Å². The minimum atomic E-state index is -1.16. The maximum atomic E-state index is 13.3. The molecule has 0 amide bonds. The summed E-state index contributed by atoms with van der Waals surface area (Å²) in [6, 6.07) is 5.45. The molecular formula is C13H12F3NS. The molecule has 0 unspecified atom stereocenters. The van der Waals surface area contributed by atoms with Gasteiger partial charge in [0.1, 0.15) is 5.82 Å². The Labute approximate surface area is 107 Å². The molecule has 18 heavy (non-hydrogen) atoms. The number of benzene rings is 1. The summed E-state index contributed by atoms with van der Waals surface area (Å²) in [5.74, 6) is -2.90. The van der Waals surface area contributed by atoms with Crippen LogP contribution in [-0.4, -0.2) is 6.54 Å². The minimum absolute atomic E-state index is 0.139. The van der Waals surface area contributed by atoms with E-state index in [0.717, 1.165) is 12.5 Å². The van der Waals surface area contributed by atoms with E-state index in [0.29, 0.717) is 12.6 Å². The lowest BCUT2D eigenvalue weighted by Gasteiger charge is -2.06. The summed E-state index contributed by atoms with van der Waals surface area (Å²) >= 11 is 1.65. The van der Waals surface area contributed by atoms with Crippen LogP contribution in [0.5, 0.6) is 0 Å². The SMILES string of the molecule is Fc1cc(F)c(CNCCc2cccs2)cc1F. The van der Waals surface area contributed by atoms with Gasteiger partial charge in [-0.2, -0.15) is 0 Å². The van der Waals surface area contributed by atoms with E-state index in [4.69, 9.17) is 0 Å². The van der Waals surface area contributed by atoms with E-state index in [9.17, 15) is 13.2 Å². The van der Waals surface area contributed by atoms with Crippen molar-refractivity contribution in [1.29, 1.82) is 0 Å². The molecule has 0 fully saturated rings. The van der Waals surface area contributed by atoms with Gasteiger partial charge in [0.15, 0.2) is 11.6 Å². The van der Waals surface area contributed by atoms with Crippen molar-refractivity contribution in [3.63, 3.8) is 0 Å². The van der Waals surface area contributed by atoms with Gasteiger partial charge in [0.2, 0.25) is 0 Å². The van der Waals surface area contributed by atoms with Crippen molar-refractivity contribution in [3.8, 4) is 0 Å². The smallest absolute Gasteiger partial charge is 0.161 e. The molecule has 2 aromatic rings. The van der Waals surface area contributed by atoms with E-state index in [1.807, 2.05) is 17.5 Å². The average Bonchev–Trinajstić information content (AvgIpc) is 2.84. The normalized spacial score (nSPS) is 10.8. The minimum Gasteiger partial charge on any atom is -0.312 e. The lowest BCUT2D eigenvalue weighted by molar-refractivity contribution is 0.487. The Morgan fingerprint density at radius 1 is 1.06 bits per heavy atom. The molecule has 1 heterocycles. The van der Waals surface area contributed by atoms with Gasteiger partial charge in [-0.15, -0.1) is 11.3 Å². The summed E-state index contributed by atoms with van der Waals surface area (Å²) in [5.41, 5.74) is 0.139. The Balaban J connectivity index is 1.85. The molecule has 0 saturated carbocycles. The van der Waals surface area contributed by atoms with Gasteiger partial charge < -0.3 is 5.32 Å². The van der Waals surface area contributed by atoms with E-state index in [-0.39, 0.29) is 12.1 Å². The molecule has 0 bridgehead atoms. The van der Waals surface area contributed by atoms with Gasteiger partial charge in [-0.05, 0) is 23.9 Å². The zero-order chi connectivity index (χ0) is 13.0. The molecular weight excluding hydrogens is 259 g/mol. The van der Waals surface area contributed by atoms with Crippen molar-refractivity contribution in [2.45, 2.75) is 13.0 Å². The molecule has 0 saturated heterocycles. The molecule has 1 aromatic heterocycles. The molecule has 0 spiro atoms. The first-order valence-corrected chi connectivity index (χ1v) is 6.41. The Bertz CT molecular complexity index is 511. The number of halogens is 3. The third-order valence-electron chi connectivity index (χ3n) is 2.53. The fourth-order valence-electron chi connectivity index (χ4n) is 1.59. The van der Waals surface area contributed by atoms with Crippen LogP contribution in [0.4, 0.5) is 13.2 Å². The Morgan fingerprint density at radius 3 is 2.56 bits per heavy atom. The summed E-state index contributed by atoms with van der Waals surface area (Å²) in [4.78, 5) is 1.23. The molecule has 0 aliphatic carbocycles. The number of rotatable bonds is 5. The predicted octanol–water partition coefficient (Wildman–Crippen LogP) is 3.50. The van der Waals surface area contributed by atoms with Gasteiger partial charge in [0, 0.05) is 29.6 Å². The maximum absolute atomic E-state index is 13.3. The number of thiophene rings is 1. The highest BCUT2D eigenvalue weighted by molar-refractivity contribution is 7.09. The molecule has 2 rings (SSSR count). The standard InChI is InChI=1S/C13H12F3NS/c14-11-7-13(16)12(15)6-9(11)8-17-4-3-10-2-1-5-18-10/h1-2,5-7,17H,3-4,8H2. The van der Waals surface area contributed by atoms with Gasteiger partial charge in [0.05, 0.1) is 0 Å². The van der Waals surface area contributed by atoms with Crippen molar-refractivity contribution in [2.75, 3.05) is 6.54 Å². The van der Waals surface area contributed by atoms with Crippen LogP contribution in [0.1, 0.15) is 10.4 Å². The molecule has 5 heteroatoms. The Kier molecular flexibility index (Phi) is 4.38. The van der Waals surface area contributed by atoms with Crippen LogP contribution in [0.2, 0.25) is 0 Å². The lowest BCUT2D eigenvalue weighted by atomic mass is 10.2. The molecule has 96 valence electrons. The van der Waals surface area contributed by atoms with Gasteiger partial charge >= 0.3 is 0 Å². The zero-order valence-corrected chi connectivity index (χ0v) is 10.4. The third-order valence-corrected chi connectivity index (χ3v) is 3.47. The van der Waals surface area contributed by atoms with E-state index >= 15 is 0 Å². The number of hydrogen-bond donors (Lipinski definition) is 1. The van der Waals surface area contributed by atoms with Gasteiger partial charge in [0.25, 0.3) is 0 Å². The predicted molar refractivity (Wildman–Crippen MR) is 66.0 cm³/mol. The van der Waals surface area contributed by atoms with Gasteiger partial charge in [-0.25, -0.2) is 13.2 Å². The van der Waals surface area contributed by atoms with Crippen LogP contribution in [-0.2, 0) is 13.0 Å². The first-order valence-electron chi connectivity index (χ1n) is 5.53. The molecule has 1 N–H and O–H groups in total. The maximum Gasteiger partial charge on any atom is 0.161 e. The molecule has 0 atom stereocenters. The van der Waals surface area contributed by atoms with E-state index in [2.05, 4.69) is 5.32 Å². The van der Waals surface area contributed by atoms with Crippen molar-refractivity contribution in [2.24, 2.45) is 0 Å². The second-order valence-electron chi connectivity index (χ2n) is 3.86. The molecule has 1 aromatic carbocycles. The fourth-order valence-corrected chi connectivity index (χ4v) is 2.30. The van der Waals surface area contributed by atoms with Crippen LogP contribution in [0, 0.1) is 17.5 Å².